The molecule has 1 aliphatic heterocycles. The van der Waals surface area contributed by atoms with Crippen LogP contribution in [0.2, 0.25) is 0 Å². The molecule has 2 fully saturated rings. The highest BCUT2D eigenvalue weighted by atomic mass is 16.7. The summed E-state index contributed by atoms with van der Waals surface area (Å²) in [6, 6.07) is 8.47. The highest BCUT2D eigenvalue weighted by Crippen LogP contribution is 2.33. The van der Waals surface area contributed by atoms with Crippen molar-refractivity contribution >= 4 is 0 Å². The lowest BCUT2D eigenvalue weighted by atomic mass is 9.83. The minimum atomic E-state index is -0.154. The molecular weight excluding hydrogens is 248 g/mol. The Labute approximate surface area is 122 Å². The normalized spacial score (nSPS) is 28.4. The minimum absolute atomic E-state index is 0.154. The van der Waals surface area contributed by atoms with Crippen LogP contribution >= 0.6 is 0 Å². The molecule has 2 aliphatic rings. The van der Waals surface area contributed by atoms with E-state index in [0.29, 0.717) is 5.92 Å². The molecule has 3 rings (SSSR count). The Morgan fingerprint density at radius 3 is 2.20 bits per heavy atom. The first-order valence-electron chi connectivity index (χ1n) is 8.11. The zero-order valence-electron chi connectivity index (χ0n) is 12.5. The summed E-state index contributed by atoms with van der Waals surface area (Å²) in [5.74, 6) is 1.51. The molecule has 20 heavy (non-hydrogen) atoms. The lowest BCUT2D eigenvalue weighted by molar-refractivity contribution is -0.207. The van der Waals surface area contributed by atoms with Gasteiger partial charge in [-0.05, 0) is 19.3 Å². The molecule has 2 nitrogen and oxygen atoms in total. The van der Waals surface area contributed by atoms with Crippen LogP contribution in [0.4, 0.5) is 0 Å². The number of benzene rings is 1. The van der Waals surface area contributed by atoms with E-state index in [1.54, 1.807) is 0 Å². The summed E-state index contributed by atoms with van der Waals surface area (Å²) in [7, 11) is 0. The SMILES string of the molecule is Cc1ccc(C2OCC(CC3CCCCC3)CO2)cc1. The zero-order chi connectivity index (χ0) is 13.8. The van der Waals surface area contributed by atoms with E-state index in [1.807, 2.05) is 0 Å². The van der Waals surface area contributed by atoms with Gasteiger partial charge in [0.2, 0.25) is 0 Å². The van der Waals surface area contributed by atoms with Crippen LogP contribution < -0.4 is 0 Å². The Morgan fingerprint density at radius 2 is 1.55 bits per heavy atom. The highest BCUT2D eigenvalue weighted by molar-refractivity contribution is 5.22. The Hall–Kier alpha value is -0.860. The summed E-state index contributed by atoms with van der Waals surface area (Å²) in [5, 5.41) is 0. The van der Waals surface area contributed by atoms with Crippen molar-refractivity contribution < 1.29 is 9.47 Å². The van der Waals surface area contributed by atoms with Crippen molar-refractivity contribution in [3.05, 3.63) is 35.4 Å². The molecule has 0 bridgehead atoms. The summed E-state index contributed by atoms with van der Waals surface area (Å²) < 4.78 is 11.9. The largest absolute Gasteiger partial charge is 0.348 e. The van der Waals surface area contributed by atoms with Gasteiger partial charge in [-0.25, -0.2) is 0 Å². The molecule has 1 saturated heterocycles. The second-order valence-corrected chi connectivity index (χ2v) is 6.52. The van der Waals surface area contributed by atoms with Gasteiger partial charge in [-0.1, -0.05) is 61.9 Å². The molecule has 1 saturated carbocycles. The van der Waals surface area contributed by atoms with Gasteiger partial charge < -0.3 is 9.47 Å². The molecular formula is C18H26O2. The molecule has 1 heterocycles. The van der Waals surface area contributed by atoms with Crippen LogP contribution in [0.15, 0.2) is 24.3 Å². The summed E-state index contributed by atoms with van der Waals surface area (Å²) in [5.41, 5.74) is 2.42. The Bertz CT molecular complexity index is 398. The van der Waals surface area contributed by atoms with Crippen LogP contribution in [0, 0.1) is 18.8 Å². The van der Waals surface area contributed by atoms with E-state index in [1.165, 1.54) is 44.1 Å². The summed E-state index contributed by atoms with van der Waals surface area (Å²) in [6.45, 7) is 3.82. The van der Waals surface area contributed by atoms with Gasteiger partial charge in [0.25, 0.3) is 0 Å². The number of hydrogen-bond donors (Lipinski definition) is 0. The fourth-order valence-electron chi connectivity index (χ4n) is 3.49. The average molecular weight is 274 g/mol. The first kappa shape index (κ1) is 14.1. The quantitative estimate of drug-likeness (QED) is 0.800. The standard InChI is InChI=1S/C18H26O2/c1-14-7-9-17(10-8-14)18-19-12-16(13-20-18)11-15-5-3-2-4-6-15/h7-10,15-16,18H,2-6,11-13H2,1H3. The molecule has 1 aromatic rings. The van der Waals surface area contributed by atoms with Crippen LogP contribution in [-0.4, -0.2) is 13.2 Å². The molecule has 0 unspecified atom stereocenters. The molecule has 1 aliphatic carbocycles. The van der Waals surface area contributed by atoms with E-state index in [-0.39, 0.29) is 6.29 Å². The molecule has 0 radical (unpaired) electrons. The van der Waals surface area contributed by atoms with Crippen molar-refractivity contribution in [3.63, 3.8) is 0 Å². The molecule has 0 amide bonds. The smallest absolute Gasteiger partial charge is 0.183 e. The van der Waals surface area contributed by atoms with Gasteiger partial charge in [0.1, 0.15) is 0 Å². The van der Waals surface area contributed by atoms with Crippen molar-refractivity contribution in [1.82, 2.24) is 0 Å². The first-order valence-corrected chi connectivity index (χ1v) is 8.11. The maximum absolute atomic E-state index is 5.94. The van der Waals surface area contributed by atoms with Crippen molar-refractivity contribution in [1.29, 1.82) is 0 Å². The zero-order valence-corrected chi connectivity index (χ0v) is 12.5. The molecule has 0 atom stereocenters. The van der Waals surface area contributed by atoms with Crippen LogP contribution in [0.1, 0.15) is 55.9 Å². The van der Waals surface area contributed by atoms with Crippen molar-refractivity contribution in [3.8, 4) is 0 Å². The van der Waals surface area contributed by atoms with E-state index in [9.17, 15) is 0 Å². The monoisotopic (exact) mass is 274 g/mol. The fraction of sp³-hybridized carbons (Fsp3) is 0.667. The predicted molar refractivity (Wildman–Crippen MR) is 80.5 cm³/mol. The van der Waals surface area contributed by atoms with Gasteiger partial charge >= 0.3 is 0 Å². The van der Waals surface area contributed by atoms with E-state index >= 15 is 0 Å². The van der Waals surface area contributed by atoms with Gasteiger partial charge in [-0.15, -0.1) is 0 Å². The van der Waals surface area contributed by atoms with Crippen molar-refractivity contribution in [2.24, 2.45) is 11.8 Å². The second-order valence-electron chi connectivity index (χ2n) is 6.52. The summed E-state index contributed by atoms with van der Waals surface area (Å²) in [6.07, 6.45) is 8.24. The fourth-order valence-corrected chi connectivity index (χ4v) is 3.49. The van der Waals surface area contributed by atoms with E-state index < -0.39 is 0 Å². The maximum Gasteiger partial charge on any atom is 0.183 e. The van der Waals surface area contributed by atoms with Crippen LogP contribution in [-0.2, 0) is 9.47 Å². The third-order valence-corrected chi connectivity index (χ3v) is 4.71. The molecule has 0 N–H and O–H groups in total. The van der Waals surface area contributed by atoms with Gasteiger partial charge in [0, 0.05) is 11.5 Å². The van der Waals surface area contributed by atoms with Crippen molar-refractivity contribution in [2.45, 2.75) is 51.7 Å². The minimum Gasteiger partial charge on any atom is -0.348 e. The second kappa shape index (κ2) is 6.73. The lowest BCUT2D eigenvalue weighted by Gasteiger charge is -2.32. The lowest BCUT2D eigenvalue weighted by Crippen LogP contribution is -2.29. The summed E-state index contributed by atoms with van der Waals surface area (Å²) in [4.78, 5) is 0. The molecule has 110 valence electrons. The van der Waals surface area contributed by atoms with Crippen LogP contribution in [0.3, 0.4) is 0 Å². The Balaban J connectivity index is 1.47. The van der Waals surface area contributed by atoms with Gasteiger partial charge in [0.15, 0.2) is 6.29 Å². The molecule has 2 heteroatoms. The van der Waals surface area contributed by atoms with E-state index in [2.05, 4.69) is 31.2 Å². The average Bonchev–Trinajstić information content (AvgIpc) is 2.50. The van der Waals surface area contributed by atoms with Gasteiger partial charge in [0.05, 0.1) is 13.2 Å². The number of ether oxygens (including phenoxy) is 2. The number of rotatable bonds is 3. The van der Waals surface area contributed by atoms with E-state index in [4.69, 9.17) is 9.47 Å². The molecule has 0 spiro atoms. The third-order valence-electron chi connectivity index (χ3n) is 4.71. The van der Waals surface area contributed by atoms with E-state index in [0.717, 1.165) is 24.7 Å². The van der Waals surface area contributed by atoms with Crippen molar-refractivity contribution in [2.75, 3.05) is 13.2 Å². The number of hydrogen-bond acceptors (Lipinski definition) is 2. The number of aryl methyl sites for hydroxylation is 1. The predicted octanol–water partition coefficient (Wildman–Crippen LogP) is 4.63. The van der Waals surface area contributed by atoms with Crippen LogP contribution in [0.5, 0.6) is 0 Å². The third kappa shape index (κ3) is 3.62. The first-order chi connectivity index (χ1) is 9.81. The maximum atomic E-state index is 5.94. The molecule has 1 aromatic carbocycles. The summed E-state index contributed by atoms with van der Waals surface area (Å²) >= 11 is 0. The highest BCUT2D eigenvalue weighted by Gasteiger charge is 2.26. The molecule has 0 aromatic heterocycles. The van der Waals surface area contributed by atoms with Gasteiger partial charge in [-0.3, -0.25) is 0 Å². The van der Waals surface area contributed by atoms with Gasteiger partial charge in [-0.2, -0.15) is 0 Å². The Kier molecular flexibility index (Phi) is 4.74. The Morgan fingerprint density at radius 1 is 0.900 bits per heavy atom. The van der Waals surface area contributed by atoms with Crippen LogP contribution in [0.25, 0.3) is 0 Å². The topological polar surface area (TPSA) is 18.5 Å².